The van der Waals surface area contributed by atoms with Crippen LogP contribution in [0, 0.1) is 11.8 Å². The van der Waals surface area contributed by atoms with Crippen LogP contribution >= 0.6 is 0 Å². The molecule has 0 amide bonds. The Morgan fingerprint density at radius 2 is 2.11 bits per heavy atom. The van der Waals surface area contributed by atoms with E-state index in [2.05, 4.69) is 42.3 Å². The van der Waals surface area contributed by atoms with Gasteiger partial charge in [0, 0.05) is 26.2 Å². The molecule has 2 nitrogen and oxygen atoms in total. The predicted octanol–water partition coefficient (Wildman–Crippen LogP) is 2.77. The highest BCUT2D eigenvalue weighted by Crippen LogP contribution is 2.25. The molecule has 0 radical (unpaired) electrons. The molecule has 0 aliphatic carbocycles. The minimum Gasteiger partial charge on any atom is -0.309 e. The van der Waals surface area contributed by atoms with Gasteiger partial charge in [0.05, 0.1) is 0 Å². The lowest BCUT2D eigenvalue weighted by Crippen LogP contribution is -2.21. The number of likely N-dealkylation sites (tertiary alicyclic amines) is 1. The lowest BCUT2D eigenvalue weighted by Gasteiger charge is -2.18. The van der Waals surface area contributed by atoms with E-state index in [1.807, 2.05) is 0 Å². The molecular weight excluding hydrogens is 220 g/mol. The van der Waals surface area contributed by atoms with E-state index in [1.54, 1.807) is 0 Å². The predicted molar refractivity (Wildman–Crippen MR) is 75.2 cm³/mol. The van der Waals surface area contributed by atoms with E-state index in [9.17, 15) is 0 Å². The van der Waals surface area contributed by atoms with Crippen molar-refractivity contribution in [2.45, 2.75) is 39.9 Å². The summed E-state index contributed by atoms with van der Waals surface area (Å²) in [6, 6.07) is 7.02. The molecule has 18 heavy (non-hydrogen) atoms. The monoisotopic (exact) mass is 244 g/mol. The van der Waals surface area contributed by atoms with Gasteiger partial charge in [-0.2, -0.15) is 0 Å². The summed E-state index contributed by atoms with van der Waals surface area (Å²) in [6.45, 7) is 10.5. The van der Waals surface area contributed by atoms with E-state index >= 15 is 0 Å². The third-order valence-electron chi connectivity index (χ3n) is 4.56. The van der Waals surface area contributed by atoms with Crippen LogP contribution in [0.1, 0.15) is 37.0 Å². The van der Waals surface area contributed by atoms with Crippen molar-refractivity contribution in [3.8, 4) is 0 Å². The van der Waals surface area contributed by atoms with E-state index < -0.39 is 0 Å². The molecule has 3 rings (SSSR count). The molecule has 1 saturated heterocycles. The van der Waals surface area contributed by atoms with E-state index in [4.69, 9.17) is 0 Å². The second-order valence-electron chi connectivity index (χ2n) is 6.23. The van der Waals surface area contributed by atoms with Gasteiger partial charge in [-0.05, 0) is 41.5 Å². The molecule has 98 valence electrons. The van der Waals surface area contributed by atoms with Gasteiger partial charge in [0.15, 0.2) is 0 Å². The summed E-state index contributed by atoms with van der Waals surface area (Å²) >= 11 is 0. The number of nitrogens with one attached hydrogen (secondary N) is 1. The van der Waals surface area contributed by atoms with Gasteiger partial charge in [-0.15, -0.1) is 0 Å². The first-order valence-electron chi connectivity index (χ1n) is 7.26. The summed E-state index contributed by atoms with van der Waals surface area (Å²) in [6.07, 6.45) is 1.38. The maximum absolute atomic E-state index is 3.42. The van der Waals surface area contributed by atoms with Crippen molar-refractivity contribution in [2.75, 3.05) is 13.1 Å². The Bertz CT molecular complexity index is 425. The van der Waals surface area contributed by atoms with Crippen LogP contribution in [-0.4, -0.2) is 18.0 Å². The van der Waals surface area contributed by atoms with Gasteiger partial charge < -0.3 is 5.32 Å². The molecule has 2 heterocycles. The molecule has 2 aliphatic heterocycles. The van der Waals surface area contributed by atoms with Crippen molar-refractivity contribution in [2.24, 2.45) is 11.8 Å². The molecule has 2 heteroatoms. The van der Waals surface area contributed by atoms with Crippen LogP contribution in [0.5, 0.6) is 0 Å². The van der Waals surface area contributed by atoms with Crippen molar-refractivity contribution >= 4 is 0 Å². The fourth-order valence-corrected chi connectivity index (χ4v) is 3.26. The number of hydrogen-bond acceptors (Lipinski definition) is 2. The zero-order valence-electron chi connectivity index (χ0n) is 11.6. The second-order valence-corrected chi connectivity index (χ2v) is 6.23. The van der Waals surface area contributed by atoms with Crippen LogP contribution in [0.15, 0.2) is 18.2 Å². The molecule has 1 atom stereocenters. The highest BCUT2D eigenvalue weighted by molar-refractivity contribution is 5.34. The maximum Gasteiger partial charge on any atom is 0.0233 e. The summed E-state index contributed by atoms with van der Waals surface area (Å²) in [4.78, 5) is 2.62. The molecule has 0 aromatic heterocycles. The third-order valence-corrected chi connectivity index (χ3v) is 4.56. The SMILES string of the molecule is CC(C)C1CCN(Cc2ccc3c(c2)CNC3)C1. The van der Waals surface area contributed by atoms with Gasteiger partial charge in [-0.3, -0.25) is 4.90 Å². The number of benzene rings is 1. The maximum atomic E-state index is 3.42. The largest absolute Gasteiger partial charge is 0.309 e. The zero-order valence-corrected chi connectivity index (χ0v) is 11.6. The van der Waals surface area contributed by atoms with Gasteiger partial charge in [-0.1, -0.05) is 32.0 Å². The van der Waals surface area contributed by atoms with Gasteiger partial charge >= 0.3 is 0 Å². The molecule has 0 bridgehead atoms. The van der Waals surface area contributed by atoms with E-state index in [0.29, 0.717) is 0 Å². The molecule has 1 fully saturated rings. The van der Waals surface area contributed by atoms with Crippen molar-refractivity contribution in [1.82, 2.24) is 10.2 Å². The fourth-order valence-electron chi connectivity index (χ4n) is 3.26. The Morgan fingerprint density at radius 3 is 2.89 bits per heavy atom. The first-order chi connectivity index (χ1) is 8.72. The normalized spacial score (nSPS) is 23.8. The first kappa shape index (κ1) is 12.2. The Labute approximate surface area is 110 Å². The van der Waals surface area contributed by atoms with Crippen molar-refractivity contribution < 1.29 is 0 Å². The van der Waals surface area contributed by atoms with Gasteiger partial charge in [-0.25, -0.2) is 0 Å². The lowest BCUT2D eigenvalue weighted by molar-refractivity contribution is 0.297. The fraction of sp³-hybridized carbons (Fsp3) is 0.625. The Balaban J connectivity index is 1.63. The molecular formula is C16H24N2. The average Bonchev–Trinajstić information content (AvgIpc) is 2.96. The van der Waals surface area contributed by atoms with Crippen molar-refractivity contribution in [1.29, 1.82) is 0 Å². The van der Waals surface area contributed by atoms with Crippen LogP contribution < -0.4 is 5.32 Å². The van der Waals surface area contributed by atoms with Gasteiger partial charge in [0.1, 0.15) is 0 Å². The van der Waals surface area contributed by atoms with Crippen LogP contribution in [-0.2, 0) is 19.6 Å². The summed E-state index contributed by atoms with van der Waals surface area (Å²) < 4.78 is 0. The molecule has 1 aromatic carbocycles. The molecule has 0 spiro atoms. The molecule has 1 aromatic rings. The lowest BCUT2D eigenvalue weighted by atomic mass is 9.95. The topological polar surface area (TPSA) is 15.3 Å². The van der Waals surface area contributed by atoms with Crippen LogP contribution in [0.25, 0.3) is 0 Å². The smallest absolute Gasteiger partial charge is 0.0233 e. The molecule has 1 N–H and O–H groups in total. The van der Waals surface area contributed by atoms with Crippen LogP contribution in [0.3, 0.4) is 0 Å². The quantitative estimate of drug-likeness (QED) is 0.879. The Morgan fingerprint density at radius 1 is 1.28 bits per heavy atom. The molecule has 2 aliphatic rings. The number of nitrogens with zero attached hydrogens (tertiary/aromatic N) is 1. The summed E-state index contributed by atoms with van der Waals surface area (Å²) in [5, 5.41) is 3.42. The number of rotatable bonds is 3. The standard InChI is InChI=1S/C16H24N2/c1-12(2)15-5-6-18(11-15)10-13-3-4-14-8-17-9-16(14)7-13/h3-4,7,12,15,17H,5-6,8-11H2,1-2H3. The van der Waals surface area contributed by atoms with Gasteiger partial charge in [0.25, 0.3) is 0 Å². The van der Waals surface area contributed by atoms with E-state index in [0.717, 1.165) is 31.5 Å². The third kappa shape index (κ3) is 2.45. The first-order valence-corrected chi connectivity index (χ1v) is 7.26. The Hall–Kier alpha value is -0.860. The van der Waals surface area contributed by atoms with Gasteiger partial charge in [0.2, 0.25) is 0 Å². The number of fused-ring (bicyclic) bond motifs is 1. The minimum absolute atomic E-state index is 0.833. The summed E-state index contributed by atoms with van der Waals surface area (Å²) in [7, 11) is 0. The highest BCUT2D eigenvalue weighted by Gasteiger charge is 2.24. The van der Waals surface area contributed by atoms with Crippen LogP contribution in [0.2, 0.25) is 0 Å². The van der Waals surface area contributed by atoms with E-state index in [-0.39, 0.29) is 0 Å². The Kier molecular flexibility index (Phi) is 3.40. The molecule has 1 unspecified atom stereocenters. The van der Waals surface area contributed by atoms with Crippen molar-refractivity contribution in [3.63, 3.8) is 0 Å². The minimum atomic E-state index is 0.833. The van der Waals surface area contributed by atoms with Crippen molar-refractivity contribution in [3.05, 3.63) is 34.9 Å². The summed E-state index contributed by atoms with van der Waals surface area (Å²) in [5.41, 5.74) is 4.48. The summed E-state index contributed by atoms with van der Waals surface area (Å²) in [5.74, 6) is 1.74. The number of hydrogen-bond donors (Lipinski definition) is 1. The average molecular weight is 244 g/mol. The molecule has 0 saturated carbocycles. The zero-order chi connectivity index (χ0) is 12.5. The van der Waals surface area contributed by atoms with Crippen LogP contribution in [0.4, 0.5) is 0 Å². The van der Waals surface area contributed by atoms with E-state index in [1.165, 1.54) is 36.2 Å². The highest BCUT2D eigenvalue weighted by atomic mass is 15.1. The second kappa shape index (κ2) is 5.02.